The van der Waals surface area contributed by atoms with Gasteiger partial charge < -0.3 is 14.9 Å². The van der Waals surface area contributed by atoms with Gasteiger partial charge in [-0.05, 0) is 19.3 Å². The maximum atomic E-state index is 13.4. The topological polar surface area (TPSA) is 66.8 Å². The summed E-state index contributed by atoms with van der Waals surface area (Å²) in [5.74, 6) is -0.131. The molecule has 0 aromatic rings. The zero-order chi connectivity index (χ0) is 25.3. The number of esters is 1. The molecule has 0 fully saturated rings. The maximum Gasteiger partial charge on any atom is 0.312 e. The van der Waals surface area contributed by atoms with E-state index in [-0.39, 0.29) is 19.2 Å². The zero-order valence-corrected chi connectivity index (χ0v) is 23.3. The SMILES string of the molecule is CCCCCCCCCC(CCCCCCCC)(CCCCCCCC)C(=O)OCC(O)CO. The lowest BCUT2D eigenvalue weighted by atomic mass is 9.74. The van der Waals surface area contributed by atoms with Crippen LogP contribution in [0, 0.1) is 5.41 Å². The lowest BCUT2D eigenvalue weighted by Gasteiger charge is -2.32. The molecule has 0 aliphatic rings. The van der Waals surface area contributed by atoms with Crippen molar-refractivity contribution in [2.24, 2.45) is 5.41 Å². The molecule has 0 rings (SSSR count). The number of hydrogen-bond acceptors (Lipinski definition) is 4. The van der Waals surface area contributed by atoms with E-state index in [2.05, 4.69) is 20.8 Å². The summed E-state index contributed by atoms with van der Waals surface area (Å²) in [4.78, 5) is 13.4. The van der Waals surface area contributed by atoms with Crippen LogP contribution in [0.4, 0.5) is 0 Å². The van der Waals surface area contributed by atoms with Crippen LogP contribution in [0.2, 0.25) is 0 Å². The van der Waals surface area contributed by atoms with E-state index in [0.29, 0.717) is 0 Å². The molecular formula is C30H60O4. The highest BCUT2D eigenvalue weighted by molar-refractivity contribution is 5.76. The molecule has 0 saturated heterocycles. The van der Waals surface area contributed by atoms with Crippen LogP contribution in [0.5, 0.6) is 0 Å². The third-order valence-corrected chi connectivity index (χ3v) is 7.33. The predicted molar refractivity (Wildman–Crippen MR) is 145 cm³/mol. The highest BCUT2D eigenvalue weighted by Gasteiger charge is 2.38. The van der Waals surface area contributed by atoms with E-state index in [9.17, 15) is 9.90 Å². The molecule has 0 aliphatic carbocycles. The van der Waals surface area contributed by atoms with Gasteiger partial charge in [-0.3, -0.25) is 4.79 Å². The lowest BCUT2D eigenvalue weighted by molar-refractivity contribution is -0.161. The van der Waals surface area contributed by atoms with Crippen LogP contribution in [0.1, 0.15) is 162 Å². The second-order valence-corrected chi connectivity index (χ2v) is 10.6. The highest BCUT2D eigenvalue weighted by atomic mass is 16.5. The number of aliphatic hydroxyl groups excluding tert-OH is 2. The van der Waals surface area contributed by atoms with Crippen molar-refractivity contribution >= 4 is 5.97 Å². The van der Waals surface area contributed by atoms with Crippen LogP contribution >= 0.6 is 0 Å². The summed E-state index contributed by atoms with van der Waals surface area (Å²) in [5, 5.41) is 18.9. The van der Waals surface area contributed by atoms with Gasteiger partial charge in [0.05, 0.1) is 12.0 Å². The fraction of sp³-hybridized carbons (Fsp3) is 0.967. The van der Waals surface area contributed by atoms with Crippen molar-refractivity contribution in [2.75, 3.05) is 13.2 Å². The van der Waals surface area contributed by atoms with Crippen molar-refractivity contribution in [2.45, 2.75) is 168 Å². The van der Waals surface area contributed by atoms with Gasteiger partial charge in [0.15, 0.2) is 0 Å². The Morgan fingerprint density at radius 2 is 0.941 bits per heavy atom. The molecule has 0 spiro atoms. The Balaban J connectivity index is 5.04. The second kappa shape index (κ2) is 24.1. The molecule has 0 aromatic carbocycles. The first-order valence-electron chi connectivity index (χ1n) is 15.0. The van der Waals surface area contributed by atoms with Crippen molar-refractivity contribution in [3.63, 3.8) is 0 Å². The van der Waals surface area contributed by atoms with Crippen molar-refractivity contribution in [1.82, 2.24) is 0 Å². The zero-order valence-electron chi connectivity index (χ0n) is 23.3. The number of carbonyl (C=O) groups is 1. The average Bonchev–Trinajstić information content (AvgIpc) is 2.85. The molecule has 0 radical (unpaired) electrons. The van der Waals surface area contributed by atoms with E-state index in [1.807, 2.05) is 0 Å². The summed E-state index contributed by atoms with van der Waals surface area (Å²) in [6.45, 7) is 6.27. The lowest BCUT2D eigenvalue weighted by Crippen LogP contribution is -2.35. The molecule has 0 aromatic heterocycles. The average molecular weight is 485 g/mol. The van der Waals surface area contributed by atoms with Crippen LogP contribution in [0.3, 0.4) is 0 Å². The fourth-order valence-electron chi connectivity index (χ4n) is 4.97. The minimum Gasteiger partial charge on any atom is -0.462 e. The van der Waals surface area contributed by atoms with E-state index < -0.39 is 11.5 Å². The first-order chi connectivity index (χ1) is 16.6. The van der Waals surface area contributed by atoms with Crippen molar-refractivity contribution in [3.8, 4) is 0 Å². The molecule has 4 heteroatoms. The Labute approximate surface area is 212 Å². The van der Waals surface area contributed by atoms with Gasteiger partial charge >= 0.3 is 5.97 Å². The van der Waals surface area contributed by atoms with E-state index in [4.69, 9.17) is 9.84 Å². The van der Waals surface area contributed by atoms with E-state index >= 15 is 0 Å². The number of unbranched alkanes of at least 4 members (excludes halogenated alkanes) is 16. The standard InChI is InChI=1S/C30H60O4/c1-4-7-10-13-16-19-22-25-30(23-20-17-14-11-8-5-2,24-21-18-15-12-9-6-3)29(33)34-27-28(32)26-31/h28,31-32H,4-27H2,1-3H3. The van der Waals surface area contributed by atoms with Gasteiger partial charge in [0, 0.05) is 0 Å². The molecule has 2 N–H and O–H groups in total. The van der Waals surface area contributed by atoms with Gasteiger partial charge in [0.25, 0.3) is 0 Å². The first kappa shape index (κ1) is 33.4. The molecule has 0 heterocycles. The molecule has 4 nitrogen and oxygen atoms in total. The second-order valence-electron chi connectivity index (χ2n) is 10.6. The van der Waals surface area contributed by atoms with Crippen molar-refractivity contribution in [3.05, 3.63) is 0 Å². The molecule has 204 valence electrons. The van der Waals surface area contributed by atoms with Gasteiger partial charge in [-0.25, -0.2) is 0 Å². The Kier molecular flexibility index (Phi) is 23.7. The molecule has 34 heavy (non-hydrogen) atoms. The quantitative estimate of drug-likeness (QED) is 0.0953. The van der Waals surface area contributed by atoms with Crippen LogP contribution in [-0.2, 0) is 9.53 Å². The van der Waals surface area contributed by atoms with Gasteiger partial charge in [0.2, 0.25) is 0 Å². The van der Waals surface area contributed by atoms with Crippen LogP contribution in [0.15, 0.2) is 0 Å². The Bertz CT molecular complexity index is 422. The minimum absolute atomic E-state index is 0.0961. The van der Waals surface area contributed by atoms with E-state index in [1.54, 1.807) is 0 Å². The third kappa shape index (κ3) is 17.8. The van der Waals surface area contributed by atoms with Crippen molar-refractivity contribution < 1.29 is 19.7 Å². The summed E-state index contributed by atoms with van der Waals surface area (Å²) >= 11 is 0. The molecule has 0 bridgehead atoms. The van der Waals surface area contributed by atoms with Crippen LogP contribution < -0.4 is 0 Å². The molecule has 0 aliphatic heterocycles. The molecule has 0 saturated carbocycles. The summed E-state index contributed by atoms with van der Waals surface area (Å²) in [6, 6.07) is 0. The molecule has 0 amide bonds. The Morgan fingerprint density at radius 1 is 0.618 bits per heavy atom. The van der Waals surface area contributed by atoms with Crippen molar-refractivity contribution in [1.29, 1.82) is 0 Å². The third-order valence-electron chi connectivity index (χ3n) is 7.33. The number of rotatable bonds is 26. The fourth-order valence-corrected chi connectivity index (χ4v) is 4.97. The largest absolute Gasteiger partial charge is 0.462 e. The number of carbonyl (C=O) groups excluding carboxylic acids is 1. The molecule has 1 unspecified atom stereocenters. The van der Waals surface area contributed by atoms with Gasteiger partial charge in [-0.2, -0.15) is 0 Å². The van der Waals surface area contributed by atoms with E-state index in [1.165, 1.54) is 103 Å². The Morgan fingerprint density at radius 3 is 1.26 bits per heavy atom. The maximum absolute atomic E-state index is 13.4. The predicted octanol–water partition coefficient (Wildman–Crippen LogP) is 8.51. The van der Waals surface area contributed by atoms with Gasteiger partial charge in [-0.15, -0.1) is 0 Å². The monoisotopic (exact) mass is 484 g/mol. The number of ether oxygens (including phenoxy) is 1. The number of aliphatic hydroxyl groups is 2. The Hall–Kier alpha value is -0.610. The smallest absolute Gasteiger partial charge is 0.312 e. The first-order valence-corrected chi connectivity index (χ1v) is 15.0. The number of hydrogen-bond donors (Lipinski definition) is 2. The minimum atomic E-state index is -0.983. The molecular weight excluding hydrogens is 424 g/mol. The highest BCUT2D eigenvalue weighted by Crippen LogP contribution is 2.39. The summed E-state index contributed by atoms with van der Waals surface area (Å²) < 4.78 is 5.61. The van der Waals surface area contributed by atoms with Gasteiger partial charge in [0.1, 0.15) is 12.7 Å². The van der Waals surface area contributed by atoms with Crippen LogP contribution in [0.25, 0.3) is 0 Å². The normalized spacial score (nSPS) is 12.7. The summed E-state index contributed by atoms with van der Waals surface area (Å²) in [6.07, 6.45) is 25.1. The molecule has 1 atom stereocenters. The summed E-state index contributed by atoms with van der Waals surface area (Å²) in [5.41, 5.74) is -0.423. The van der Waals surface area contributed by atoms with E-state index in [0.717, 1.165) is 38.5 Å². The summed E-state index contributed by atoms with van der Waals surface area (Å²) in [7, 11) is 0. The van der Waals surface area contributed by atoms with Gasteiger partial charge in [-0.1, -0.05) is 143 Å². The van der Waals surface area contributed by atoms with Crippen LogP contribution in [-0.4, -0.2) is 35.5 Å².